The maximum atomic E-state index is 5.33. The topological polar surface area (TPSA) is 39.7 Å². The van der Waals surface area contributed by atoms with E-state index in [4.69, 9.17) is 14.2 Å². The summed E-state index contributed by atoms with van der Waals surface area (Å²) < 4.78 is 15.2. The Labute approximate surface area is 127 Å². The van der Waals surface area contributed by atoms with Gasteiger partial charge in [0.25, 0.3) is 0 Å². The average molecular weight is 293 g/mol. The van der Waals surface area contributed by atoms with Crippen LogP contribution in [0.5, 0.6) is 0 Å². The summed E-state index contributed by atoms with van der Waals surface area (Å²) in [4.78, 5) is 0. The Bertz CT molecular complexity index is 110. The fraction of sp³-hybridized carbons (Fsp3) is 1.00. The maximum absolute atomic E-state index is 5.33. The molecule has 126 valence electrons. The zero-order chi connectivity index (χ0) is 15.9. The van der Waals surface area contributed by atoms with Crippen molar-refractivity contribution in [2.24, 2.45) is 0 Å². The van der Waals surface area contributed by atoms with Gasteiger partial charge in [0.1, 0.15) is 0 Å². The van der Waals surface area contributed by atoms with Crippen molar-refractivity contribution in [2.45, 2.75) is 53.4 Å². The van der Waals surface area contributed by atoms with E-state index >= 15 is 0 Å². The number of methoxy groups -OCH3 is 2. The van der Waals surface area contributed by atoms with Gasteiger partial charge in [-0.05, 0) is 19.4 Å². The molecule has 0 aliphatic heterocycles. The quantitative estimate of drug-likeness (QED) is 0.528. The summed E-state index contributed by atoms with van der Waals surface area (Å²) in [6.07, 6.45) is 4.96. The van der Waals surface area contributed by atoms with Gasteiger partial charge in [0.05, 0.1) is 19.8 Å². The molecule has 0 fully saturated rings. The first-order valence-corrected chi connectivity index (χ1v) is 8.18. The van der Waals surface area contributed by atoms with Crippen LogP contribution in [0.4, 0.5) is 0 Å². The van der Waals surface area contributed by atoms with Gasteiger partial charge < -0.3 is 19.5 Å². The van der Waals surface area contributed by atoms with Crippen molar-refractivity contribution in [3.8, 4) is 0 Å². The Balaban J connectivity index is -0.000000656. The van der Waals surface area contributed by atoms with Crippen LogP contribution in [0.15, 0.2) is 0 Å². The summed E-state index contributed by atoms with van der Waals surface area (Å²) in [5.41, 5.74) is 0. The molecule has 20 heavy (non-hydrogen) atoms. The van der Waals surface area contributed by atoms with Crippen LogP contribution in [0.2, 0.25) is 0 Å². The molecule has 4 nitrogen and oxygen atoms in total. The molecule has 1 N–H and O–H groups in total. The minimum absolute atomic E-state index is 0.680. The number of hydrogen-bond acceptors (Lipinski definition) is 4. The lowest BCUT2D eigenvalue weighted by Gasteiger charge is -2.05. The van der Waals surface area contributed by atoms with Gasteiger partial charge >= 0.3 is 0 Å². The molecule has 0 radical (unpaired) electrons. The molecule has 0 aromatic carbocycles. The van der Waals surface area contributed by atoms with Gasteiger partial charge in [-0.25, -0.2) is 0 Å². The van der Waals surface area contributed by atoms with Gasteiger partial charge in [0, 0.05) is 27.4 Å². The molecule has 0 atom stereocenters. The summed E-state index contributed by atoms with van der Waals surface area (Å²) in [5.74, 6) is 0. The normalized spacial score (nSPS) is 9.30. The first-order chi connectivity index (χ1) is 9.91. The second-order valence-electron chi connectivity index (χ2n) is 3.76. The molecule has 0 aliphatic rings. The number of rotatable bonds is 13. The molecule has 0 aromatic heterocycles. The molecule has 0 amide bonds. The van der Waals surface area contributed by atoms with E-state index in [2.05, 4.69) is 5.32 Å². The van der Waals surface area contributed by atoms with Gasteiger partial charge in [-0.3, -0.25) is 0 Å². The van der Waals surface area contributed by atoms with Crippen LogP contribution in [0, 0.1) is 0 Å². The van der Waals surface area contributed by atoms with Crippen molar-refractivity contribution in [3.05, 3.63) is 0 Å². The predicted molar refractivity (Wildman–Crippen MR) is 88.6 cm³/mol. The van der Waals surface area contributed by atoms with Crippen molar-refractivity contribution in [3.63, 3.8) is 0 Å². The fourth-order valence-electron chi connectivity index (χ4n) is 1.36. The molecule has 4 heteroatoms. The minimum atomic E-state index is 0.680. The largest absolute Gasteiger partial charge is 0.385 e. The van der Waals surface area contributed by atoms with Crippen LogP contribution >= 0.6 is 0 Å². The SMILES string of the molecule is CC.CC.COCCCCCCNCCOCCOC. The van der Waals surface area contributed by atoms with Crippen LogP contribution in [0.1, 0.15) is 53.4 Å². The molecule has 0 unspecified atom stereocenters. The van der Waals surface area contributed by atoms with Crippen molar-refractivity contribution < 1.29 is 14.2 Å². The van der Waals surface area contributed by atoms with E-state index < -0.39 is 0 Å². The molecule has 0 spiro atoms. The molecule has 0 heterocycles. The maximum Gasteiger partial charge on any atom is 0.0700 e. The third-order valence-corrected chi connectivity index (χ3v) is 2.31. The van der Waals surface area contributed by atoms with E-state index in [9.17, 15) is 0 Å². The van der Waals surface area contributed by atoms with Crippen molar-refractivity contribution >= 4 is 0 Å². The first-order valence-electron chi connectivity index (χ1n) is 8.18. The van der Waals surface area contributed by atoms with E-state index in [1.807, 2.05) is 27.7 Å². The summed E-state index contributed by atoms with van der Waals surface area (Å²) >= 11 is 0. The lowest BCUT2D eigenvalue weighted by molar-refractivity contribution is 0.0720. The molecular formula is C16H39NO3. The van der Waals surface area contributed by atoms with E-state index in [1.165, 1.54) is 25.7 Å². The molecular weight excluding hydrogens is 254 g/mol. The van der Waals surface area contributed by atoms with Crippen LogP contribution in [-0.2, 0) is 14.2 Å². The summed E-state index contributed by atoms with van der Waals surface area (Å²) in [6, 6.07) is 0. The van der Waals surface area contributed by atoms with Crippen molar-refractivity contribution in [1.82, 2.24) is 5.32 Å². The first kappa shape index (κ1) is 24.8. The van der Waals surface area contributed by atoms with Crippen LogP contribution in [0.25, 0.3) is 0 Å². The van der Waals surface area contributed by atoms with Crippen molar-refractivity contribution in [1.29, 1.82) is 0 Å². The lowest BCUT2D eigenvalue weighted by Crippen LogP contribution is -2.21. The van der Waals surface area contributed by atoms with Gasteiger partial charge in [-0.15, -0.1) is 0 Å². The van der Waals surface area contributed by atoms with Gasteiger partial charge in [0.15, 0.2) is 0 Å². The fourth-order valence-corrected chi connectivity index (χ4v) is 1.36. The standard InChI is InChI=1S/C12H27NO3.2C2H6/c1-14-9-6-4-3-5-7-13-8-10-16-12-11-15-2;2*1-2/h13H,3-12H2,1-2H3;2*1-2H3. The van der Waals surface area contributed by atoms with Crippen molar-refractivity contribution in [2.75, 3.05) is 53.7 Å². The lowest BCUT2D eigenvalue weighted by atomic mass is 10.2. The number of hydrogen-bond donors (Lipinski definition) is 1. The Morgan fingerprint density at radius 1 is 0.600 bits per heavy atom. The zero-order valence-corrected chi connectivity index (χ0v) is 14.8. The summed E-state index contributed by atoms with van der Waals surface area (Å²) in [7, 11) is 3.44. The third kappa shape index (κ3) is 30.7. The summed E-state index contributed by atoms with van der Waals surface area (Å²) in [5, 5.41) is 3.36. The van der Waals surface area contributed by atoms with E-state index in [0.29, 0.717) is 13.2 Å². The average Bonchev–Trinajstić information content (AvgIpc) is 2.52. The van der Waals surface area contributed by atoms with Gasteiger partial charge in [-0.2, -0.15) is 0 Å². The molecule has 0 saturated heterocycles. The second-order valence-corrected chi connectivity index (χ2v) is 3.76. The third-order valence-electron chi connectivity index (χ3n) is 2.31. The molecule has 0 bridgehead atoms. The van der Waals surface area contributed by atoms with Crippen LogP contribution in [0.3, 0.4) is 0 Å². The highest BCUT2D eigenvalue weighted by atomic mass is 16.5. The molecule has 0 rings (SSSR count). The Morgan fingerprint density at radius 3 is 1.80 bits per heavy atom. The highest BCUT2D eigenvalue weighted by molar-refractivity contribution is 4.48. The molecule has 0 aromatic rings. The van der Waals surface area contributed by atoms with E-state index in [-0.39, 0.29) is 0 Å². The van der Waals surface area contributed by atoms with E-state index in [0.717, 1.165) is 26.3 Å². The van der Waals surface area contributed by atoms with Gasteiger partial charge in [0.2, 0.25) is 0 Å². The number of ether oxygens (including phenoxy) is 3. The highest BCUT2D eigenvalue weighted by Crippen LogP contribution is 1.98. The Kier molecular flexibility index (Phi) is 38.9. The predicted octanol–water partition coefficient (Wildman–Crippen LogP) is 3.50. The Morgan fingerprint density at radius 2 is 1.20 bits per heavy atom. The monoisotopic (exact) mass is 293 g/mol. The summed E-state index contributed by atoms with van der Waals surface area (Å²) in [6.45, 7) is 13.0. The number of unbranched alkanes of at least 4 members (excludes halogenated alkanes) is 3. The van der Waals surface area contributed by atoms with Crippen LogP contribution in [-0.4, -0.2) is 53.7 Å². The smallest absolute Gasteiger partial charge is 0.0700 e. The van der Waals surface area contributed by atoms with Crippen LogP contribution < -0.4 is 5.32 Å². The Hall–Kier alpha value is -0.160. The number of nitrogens with one attached hydrogen (secondary N) is 1. The van der Waals surface area contributed by atoms with E-state index in [1.54, 1.807) is 14.2 Å². The minimum Gasteiger partial charge on any atom is -0.385 e. The zero-order valence-electron chi connectivity index (χ0n) is 14.8. The molecule has 0 aliphatic carbocycles. The second kappa shape index (κ2) is 31.3. The molecule has 0 saturated carbocycles. The highest BCUT2D eigenvalue weighted by Gasteiger charge is 1.91. The van der Waals surface area contributed by atoms with Gasteiger partial charge in [-0.1, -0.05) is 40.5 Å².